The molecule has 1 fully saturated rings. The minimum Gasteiger partial charge on any atom is -0.292 e. The molecule has 0 saturated carbocycles. The molecule has 0 radical (unpaired) electrons. The average Bonchev–Trinajstić information content (AvgIpc) is 3.22. The van der Waals surface area contributed by atoms with Crippen LogP contribution in [0.25, 0.3) is 0 Å². The second kappa shape index (κ2) is 8.25. The molecule has 1 aromatic carbocycles. The van der Waals surface area contributed by atoms with Crippen molar-refractivity contribution in [1.29, 1.82) is 0 Å². The van der Waals surface area contributed by atoms with Crippen molar-refractivity contribution in [1.82, 2.24) is 18.6 Å². The highest BCUT2D eigenvalue weighted by Gasteiger charge is 2.36. The second-order valence-corrected chi connectivity index (χ2v) is 10.4. The van der Waals surface area contributed by atoms with Gasteiger partial charge in [-0.2, -0.15) is 17.0 Å². The summed E-state index contributed by atoms with van der Waals surface area (Å²) in [7, 11) is -0.463. The van der Waals surface area contributed by atoms with Crippen molar-refractivity contribution in [3.8, 4) is 0 Å². The molecule has 0 N–H and O–H groups in total. The fraction of sp³-hybridized carbons (Fsp3) is 0.476. The van der Waals surface area contributed by atoms with Gasteiger partial charge in [-0.25, -0.2) is 14.4 Å². The van der Waals surface area contributed by atoms with Crippen LogP contribution >= 0.6 is 0 Å². The molecule has 1 amide bonds. The van der Waals surface area contributed by atoms with Crippen molar-refractivity contribution in [3.05, 3.63) is 52.7 Å². The zero-order valence-corrected chi connectivity index (χ0v) is 18.7. The SMILES string of the molecule is Cc1nc([C@H]2CCN(S(=O)(=O)N(C)C)C2)nc2c1CCC(=O)N2Cc1ccc(F)cc1. The molecule has 10 heteroatoms. The summed E-state index contributed by atoms with van der Waals surface area (Å²) >= 11 is 0. The van der Waals surface area contributed by atoms with Gasteiger partial charge in [0.05, 0.1) is 6.54 Å². The summed E-state index contributed by atoms with van der Waals surface area (Å²) in [5, 5.41) is 0. The molecule has 1 saturated heterocycles. The molecule has 0 bridgehead atoms. The van der Waals surface area contributed by atoms with Gasteiger partial charge < -0.3 is 0 Å². The average molecular weight is 448 g/mol. The van der Waals surface area contributed by atoms with E-state index < -0.39 is 10.2 Å². The topological polar surface area (TPSA) is 86.7 Å². The van der Waals surface area contributed by atoms with Crippen molar-refractivity contribution in [2.75, 3.05) is 32.1 Å². The summed E-state index contributed by atoms with van der Waals surface area (Å²) in [5.74, 6) is 0.643. The number of fused-ring (bicyclic) bond motifs is 1. The molecule has 2 aliphatic rings. The predicted octanol–water partition coefficient (Wildman–Crippen LogP) is 2.00. The van der Waals surface area contributed by atoms with Crippen LogP contribution in [0.15, 0.2) is 24.3 Å². The first-order valence-corrected chi connectivity index (χ1v) is 11.7. The molecule has 2 aliphatic heterocycles. The van der Waals surface area contributed by atoms with Crippen LogP contribution in [-0.4, -0.2) is 60.1 Å². The number of aryl methyl sites for hydroxylation is 1. The largest absolute Gasteiger partial charge is 0.292 e. The molecular weight excluding hydrogens is 421 g/mol. The lowest BCUT2D eigenvalue weighted by Gasteiger charge is -2.30. The molecule has 2 aromatic rings. The monoisotopic (exact) mass is 447 g/mol. The van der Waals surface area contributed by atoms with E-state index in [1.54, 1.807) is 17.0 Å². The molecule has 3 heterocycles. The molecule has 166 valence electrons. The van der Waals surface area contributed by atoms with Crippen LogP contribution < -0.4 is 4.90 Å². The molecule has 0 spiro atoms. The van der Waals surface area contributed by atoms with Gasteiger partial charge in [0.1, 0.15) is 17.5 Å². The third kappa shape index (κ3) is 4.19. The van der Waals surface area contributed by atoms with Crippen LogP contribution in [0, 0.1) is 12.7 Å². The van der Waals surface area contributed by atoms with Crippen LogP contribution in [0.4, 0.5) is 10.2 Å². The molecule has 8 nitrogen and oxygen atoms in total. The van der Waals surface area contributed by atoms with E-state index in [1.807, 2.05) is 6.92 Å². The van der Waals surface area contributed by atoms with Crippen LogP contribution in [0.5, 0.6) is 0 Å². The van der Waals surface area contributed by atoms with E-state index >= 15 is 0 Å². The summed E-state index contributed by atoms with van der Waals surface area (Å²) < 4.78 is 40.8. The molecular formula is C21H26FN5O3S. The molecule has 0 unspecified atom stereocenters. The van der Waals surface area contributed by atoms with Gasteiger partial charge in [0, 0.05) is 50.8 Å². The maximum atomic E-state index is 13.3. The number of carbonyl (C=O) groups excluding carboxylic acids is 1. The molecule has 0 aliphatic carbocycles. The van der Waals surface area contributed by atoms with E-state index in [-0.39, 0.29) is 17.6 Å². The van der Waals surface area contributed by atoms with E-state index in [4.69, 9.17) is 4.98 Å². The Balaban J connectivity index is 1.64. The van der Waals surface area contributed by atoms with Crippen LogP contribution in [0.1, 0.15) is 41.4 Å². The van der Waals surface area contributed by atoms with Crippen molar-refractivity contribution in [2.24, 2.45) is 0 Å². The fourth-order valence-electron chi connectivity index (χ4n) is 4.10. The maximum absolute atomic E-state index is 13.3. The number of hydrogen-bond acceptors (Lipinski definition) is 5. The lowest BCUT2D eigenvalue weighted by molar-refractivity contribution is -0.119. The van der Waals surface area contributed by atoms with Gasteiger partial charge in [0.2, 0.25) is 5.91 Å². The Morgan fingerprint density at radius 1 is 1.16 bits per heavy atom. The first kappa shape index (κ1) is 21.8. The highest BCUT2D eigenvalue weighted by atomic mass is 32.2. The van der Waals surface area contributed by atoms with E-state index in [0.29, 0.717) is 50.5 Å². The van der Waals surface area contributed by atoms with E-state index in [0.717, 1.165) is 16.8 Å². The first-order valence-electron chi connectivity index (χ1n) is 10.3. The van der Waals surface area contributed by atoms with E-state index in [1.165, 1.54) is 34.8 Å². The number of benzene rings is 1. The highest BCUT2D eigenvalue weighted by Crippen LogP contribution is 2.33. The summed E-state index contributed by atoms with van der Waals surface area (Å²) in [6.45, 7) is 2.92. The molecule has 1 atom stereocenters. The summed E-state index contributed by atoms with van der Waals surface area (Å²) in [4.78, 5) is 23.8. The van der Waals surface area contributed by atoms with Gasteiger partial charge in [0.25, 0.3) is 10.2 Å². The third-order valence-electron chi connectivity index (χ3n) is 5.91. The number of aromatic nitrogens is 2. The smallest absolute Gasteiger partial charge is 0.281 e. The number of halogens is 1. The number of nitrogens with zero attached hydrogens (tertiary/aromatic N) is 5. The fourth-order valence-corrected chi connectivity index (χ4v) is 5.27. The molecule has 4 rings (SSSR count). The molecule has 1 aromatic heterocycles. The summed E-state index contributed by atoms with van der Waals surface area (Å²) in [6, 6.07) is 6.07. The number of hydrogen-bond donors (Lipinski definition) is 0. The van der Waals surface area contributed by atoms with E-state index in [2.05, 4.69) is 4.98 Å². The first-order chi connectivity index (χ1) is 14.7. The van der Waals surface area contributed by atoms with Crippen molar-refractivity contribution >= 4 is 21.9 Å². The predicted molar refractivity (Wildman–Crippen MR) is 114 cm³/mol. The number of carbonyl (C=O) groups is 1. The number of amides is 1. The van der Waals surface area contributed by atoms with Crippen LogP contribution in [0.3, 0.4) is 0 Å². The second-order valence-electron chi connectivity index (χ2n) is 8.21. The van der Waals surface area contributed by atoms with Gasteiger partial charge in [0.15, 0.2) is 0 Å². The van der Waals surface area contributed by atoms with E-state index in [9.17, 15) is 17.6 Å². The van der Waals surface area contributed by atoms with Gasteiger partial charge in [-0.05, 0) is 37.5 Å². The maximum Gasteiger partial charge on any atom is 0.281 e. The molecule has 31 heavy (non-hydrogen) atoms. The van der Waals surface area contributed by atoms with Gasteiger partial charge in [-0.15, -0.1) is 0 Å². The van der Waals surface area contributed by atoms with Crippen LogP contribution in [-0.2, 0) is 28.0 Å². The highest BCUT2D eigenvalue weighted by molar-refractivity contribution is 7.86. The third-order valence-corrected chi connectivity index (χ3v) is 7.82. The lowest BCUT2D eigenvalue weighted by Crippen LogP contribution is -2.38. The normalized spacial score (nSPS) is 19.8. The zero-order chi connectivity index (χ0) is 22.3. The Morgan fingerprint density at radius 3 is 2.55 bits per heavy atom. The van der Waals surface area contributed by atoms with Gasteiger partial charge in [-0.1, -0.05) is 12.1 Å². The van der Waals surface area contributed by atoms with Crippen LogP contribution in [0.2, 0.25) is 0 Å². The summed E-state index contributed by atoms with van der Waals surface area (Å²) in [5.41, 5.74) is 2.55. The van der Waals surface area contributed by atoms with Crippen molar-refractivity contribution in [2.45, 2.75) is 38.6 Å². The Hall–Kier alpha value is -2.43. The van der Waals surface area contributed by atoms with Crippen molar-refractivity contribution in [3.63, 3.8) is 0 Å². The van der Waals surface area contributed by atoms with Gasteiger partial charge >= 0.3 is 0 Å². The Kier molecular flexibility index (Phi) is 5.80. The Bertz CT molecular complexity index is 1100. The Labute approximate surface area is 181 Å². The van der Waals surface area contributed by atoms with Gasteiger partial charge in [-0.3, -0.25) is 9.69 Å². The minimum absolute atomic E-state index is 0.0379. The van der Waals surface area contributed by atoms with Crippen molar-refractivity contribution < 1.29 is 17.6 Å². The Morgan fingerprint density at radius 2 is 1.87 bits per heavy atom. The zero-order valence-electron chi connectivity index (χ0n) is 17.9. The summed E-state index contributed by atoms with van der Waals surface area (Å²) in [6.07, 6.45) is 1.57. The standard InChI is InChI=1S/C21H26FN5O3S/c1-14-18-8-9-19(28)27(12-15-4-6-17(22)7-5-15)21(18)24-20(23-14)16-10-11-26(13-16)31(29,30)25(2)3/h4-7,16H,8-13H2,1-3H3/t16-/m0/s1. The minimum atomic E-state index is -3.49. The number of rotatable bonds is 5. The lowest BCUT2D eigenvalue weighted by atomic mass is 10.0. The number of anilines is 1. The quantitative estimate of drug-likeness (QED) is 0.700.